The summed E-state index contributed by atoms with van der Waals surface area (Å²) >= 11 is 1.48. The average molecular weight is 253 g/mol. The summed E-state index contributed by atoms with van der Waals surface area (Å²) in [5.41, 5.74) is 6.19. The molecule has 92 valence electrons. The van der Waals surface area contributed by atoms with Crippen LogP contribution in [0.4, 0.5) is 0 Å². The van der Waals surface area contributed by atoms with E-state index in [2.05, 4.69) is 0 Å². The van der Waals surface area contributed by atoms with Crippen LogP contribution in [-0.4, -0.2) is 18.5 Å². The average Bonchev–Trinajstić information content (AvgIpc) is 2.58. The molecular weight excluding hydrogens is 238 g/mol. The maximum absolute atomic E-state index is 11.6. The standard InChI is InChI=1S/C12H15NO3S/c13-11(14)7-16-12(15)10-6-8-4-2-1-3-5-9(8)17-10/h6H,1-5,7H2,(H2,13,14). The molecule has 1 heterocycles. The number of rotatable bonds is 3. The number of aryl methyl sites for hydroxylation is 2. The topological polar surface area (TPSA) is 69.4 Å². The first kappa shape index (κ1) is 12.1. The van der Waals surface area contributed by atoms with Crippen LogP contribution < -0.4 is 5.73 Å². The van der Waals surface area contributed by atoms with Crippen molar-refractivity contribution in [3.05, 3.63) is 21.4 Å². The molecule has 1 aromatic rings. The van der Waals surface area contributed by atoms with Gasteiger partial charge < -0.3 is 10.5 Å². The number of hydrogen-bond donors (Lipinski definition) is 1. The number of fused-ring (bicyclic) bond motifs is 1. The van der Waals surface area contributed by atoms with Crippen molar-refractivity contribution in [2.24, 2.45) is 5.73 Å². The van der Waals surface area contributed by atoms with Crippen LogP contribution in [0.2, 0.25) is 0 Å². The highest BCUT2D eigenvalue weighted by Crippen LogP contribution is 2.29. The Labute approximate surface area is 104 Å². The van der Waals surface area contributed by atoms with Gasteiger partial charge in [0, 0.05) is 4.88 Å². The van der Waals surface area contributed by atoms with Crippen molar-refractivity contribution in [3.63, 3.8) is 0 Å². The van der Waals surface area contributed by atoms with Crippen molar-refractivity contribution < 1.29 is 14.3 Å². The number of carbonyl (C=O) groups excluding carboxylic acids is 2. The number of primary amides is 1. The molecule has 0 atom stereocenters. The summed E-state index contributed by atoms with van der Waals surface area (Å²) in [7, 11) is 0. The highest BCUT2D eigenvalue weighted by molar-refractivity contribution is 7.14. The Morgan fingerprint density at radius 3 is 2.82 bits per heavy atom. The Bertz CT molecular complexity index is 415. The van der Waals surface area contributed by atoms with Crippen LogP contribution >= 0.6 is 11.3 Å². The molecule has 0 aromatic carbocycles. The lowest BCUT2D eigenvalue weighted by Gasteiger charge is -1.98. The molecular formula is C12H15NO3S. The molecule has 0 saturated carbocycles. The number of carbonyl (C=O) groups is 2. The van der Waals surface area contributed by atoms with Gasteiger partial charge in [-0.3, -0.25) is 4.79 Å². The normalized spacial score (nSPS) is 14.8. The second-order valence-electron chi connectivity index (χ2n) is 4.16. The second-order valence-corrected chi connectivity index (χ2v) is 5.30. The zero-order valence-corrected chi connectivity index (χ0v) is 10.3. The first-order valence-corrected chi connectivity index (χ1v) is 6.55. The van der Waals surface area contributed by atoms with Gasteiger partial charge in [0.15, 0.2) is 6.61 Å². The summed E-state index contributed by atoms with van der Waals surface area (Å²) in [4.78, 5) is 24.0. The van der Waals surface area contributed by atoms with Gasteiger partial charge in [0.25, 0.3) is 5.91 Å². The third kappa shape index (κ3) is 3.06. The highest BCUT2D eigenvalue weighted by Gasteiger charge is 2.17. The first-order valence-electron chi connectivity index (χ1n) is 5.74. The Balaban J connectivity index is 2.06. The van der Waals surface area contributed by atoms with E-state index in [9.17, 15) is 9.59 Å². The number of ether oxygens (including phenoxy) is 1. The Hall–Kier alpha value is -1.36. The van der Waals surface area contributed by atoms with Crippen LogP contribution in [-0.2, 0) is 22.4 Å². The molecule has 0 aliphatic heterocycles. The lowest BCUT2D eigenvalue weighted by Crippen LogP contribution is -2.20. The van der Waals surface area contributed by atoms with Crippen molar-refractivity contribution >= 4 is 23.2 Å². The van der Waals surface area contributed by atoms with Gasteiger partial charge in [-0.15, -0.1) is 11.3 Å². The fourth-order valence-electron chi connectivity index (χ4n) is 1.98. The molecule has 0 unspecified atom stereocenters. The third-order valence-electron chi connectivity index (χ3n) is 2.79. The molecule has 1 aromatic heterocycles. The fourth-order valence-corrected chi connectivity index (χ4v) is 3.12. The summed E-state index contributed by atoms with van der Waals surface area (Å²) in [5.74, 6) is -1.07. The van der Waals surface area contributed by atoms with Gasteiger partial charge in [0.1, 0.15) is 4.88 Å². The van der Waals surface area contributed by atoms with Crippen LogP contribution in [0.25, 0.3) is 0 Å². The SMILES string of the molecule is NC(=O)COC(=O)c1cc2c(s1)CCCCC2. The lowest BCUT2D eigenvalue weighted by atomic mass is 10.1. The molecule has 0 spiro atoms. The molecule has 4 nitrogen and oxygen atoms in total. The van der Waals surface area contributed by atoms with Crippen LogP contribution in [0.1, 0.15) is 39.4 Å². The van der Waals surface area contributed by atoms with Gasteiger partial charge in [-0.25, -0.2) is 4.79 Å². The molecule has 1 aliphatic carbocycles. The first-order chi connectivity index (χ1) is 8.16. The summed E-state index contributed by atoms with van der Waals surface area (Å²) in [6, 6.07) is 1.90. The Morgan fingerprint density at radius 1 is 1.29 bits per heavy atom. The van der Waals surface area contributed by atoms with Gasteiger partial charge in [-0.1, -0.05) is 6.42 Å². The maximum atomic E-state index is 11.6. The summed E-state index contributed by atoms with van der Waals surface area (Å²) in [5, 5.41) is 0. The second kappa shape index (κ2) is 5.31. The van der Waals surface area contributed by atoms with Crippen molar-refractivity contribution in [1.29, 1.82) is 0 Å². The van der Waals surface area contributed by atoms with Crippen LogP contribution in [0.5, 0.6) is 0 Å². The number of thiophene rings is 1. The predicted octanol–water partition coefficient (Wildman–Crippen LogP) is 1.66. The molecule has 0 radical (unpaired) electrons. The van der Waals surface area contributed by atoms with E-state index in [4.69, 9.17) is 10.5 Å². The van der Waals surface area contributed by atoms with Crippen molar-refractivity contribution in [2.75, 3.05) is 6.61 Å². The van der Waals surface area contributed by atoms with E-state index in [1.54, 1.807) is 0 Å². The van der Waals surface area contributed by atoms with E-state index in [1.165, 1.54) is 41.0 Å². The summed E-state index contributed by atoms with van der Waals surface area (Å²) in [6.45, 7) is -0.346. The molecule has 0 bridgehead atoms. The minimum Gasteiger partial charge on any atom is -0.451 e. The minimum absolute atomic E-state index is 0.346. The Kier molecular flexibility index (Phi) is 3.78. The zero-order chi connectivity index (χ0) is 12.3. The van der Waals surface area contributed by atoms with Crippen molar-refractivity contribution in [3.8, 4) is 0 Å². The molecule has 5 heteroatoms. The molecule has 0 saturated heterocycles. The molecule has 2 N–H and O–H groups in total. The fraction of sp³-hybridized carbons (Fsp3) is 0.500. The van der Waals surface area contributed by atoms with Crippen LogP contribution in [0.15, 0.2) is 6.07 Å². The third-order valence-corrected chi connectivity index (χ3v) is 4.01. The summed E-state index contributed by atoms with van der Waals surface area (Å²) in [6.07, 6.45) is 5.70. The molecule has 17 heavy (non-hydrogen) atoms. The largest absolute Gasteiger partial charge is 0.451 e. The monoisotopic (exact) mass is 253 g/mol. The quantitative estimate of drug-likeness (QED) is 0.658. The maximum Gasteiger partial charge on any atom is 0.348 e. The Morgan fingerprint density at radius 2 is 2.06 bits per heavy atom. The molecule has 1 amide bonds. The van der Waals surface area contributed by atoms with E-state index >= 15 is 0 Å². The van der Waals surface area contributed by atoms with E-state index < -0.39 is 11.9 Å². The van der Waals surface area contributed by atoms with Gasteiger partial charge in [0.2, 0.25) is 0 Å². The van der Waals surface area contributed by atoms with Crippen molar-refractivity contribution in [1.82, 2.24) is 0 Å². The number of hydrogen-bond acceptors (Lipinski definition) is 4. The summed E-state index contributed by atoms with van der Waals surface area (Å²) < 4.78 is 4.80. The molecule has 1 aliphatic rings. The smallest absolute Gasteiger partial charge is 0.348 e. The number of nitrogens with two attached hydrogens (primary N) is 1. The lowest BCUT2D eigenvalue weighted by molar-refractivity contribution is -0.121. The van der Waals surface area contributed by atoms with Gasteiger partial charge in [-0.05, 0) is 37.3 Å². The molecule has 2 rings (SSSR count). The molecule has 0 fully saturated rings. The van der Waals surface area contributed by atoms with Crippen molar-refractivity contribution in [2.45, 2.75) is 32.1 Å². The van der Waals surface area contributed by atoms with Crippen LogP contribution in [0.3, 0.4) is 0 Å². The zero-order valence-electron chi connectivity index (χ0n) is 9.53. The van der Waals surface area contributed by atoms with Crippen LogP contribution in [0, 0.1) is 0 Å². The van der Waals surface area contributed by atoms with E-state index in [0.717, 1.165) is 12.8 Å². The van der Waals surface area contributed by atoms with E-state index in [-0.39, 0.29) is 6.61 Å². The van der Waals surface area contributed by atoms with E-state index in [0.29, 0.717) is 4.88 Å². The van der Waals surface area contributed by atoms with Gasteiger partial charge in [0.05, 0.1) is 0 Å². The van der Waals surface area contributed by atoms with Gasteiger partial charge >= 0.3 is 5.97 Å². The number of esters is 1. The highest BCUT2D eigenvalue weighted by atomic mass is 32.1. The van der Waals surface area contributed by atoms with Gasteiger partial charge in [-0.2, -0.15) is 0 Å². The number of amides is 1. The minimum atomic E-state index is -0.628. The predicted molar refractivity (Wildman–Crippen MR) is 65.1 cm³/mol. The van der Waals surface area contributed by atoms with E-state index in [1.807, 2.05) is 6.07 Å².